The highest BCUT2D eigenvalue weighted by Crippen LogP contribution is 2.42. The van der Waals surface area contributed by atoms with Gasteiger partial charge in [-0.05, 0) is 70.8 Å². The molecule has 10 rings (SSSR count). The third-order valence-corrected chi connectivity index (χ3v) is 10.1. The Bertz CT molecular complexity index is 2910. The number of hydrogen-bond donors (Lipinski definition) is 0. The van der Waals surface area contributed by atoms with Crippen molar-refractivity contribution >= 4 is 39.0 Å². The van der Waals surface area contributed by atoms with Gasteiger partial charge in [0, 0.05) is 50.6 Å². The van der Waals surface area contributed by atoms with E-state index in [0.29, 0.717) is 17.5 Å². The Kier molecular flexibility index (Phi) is 8.43. The van der Waals surface area contributed by atoms with Crippen molar-refractivity contribution in [2.45, 2.75) is 0 Å². The van der Waals surface area contributed by atoms with Gasteiger partial charge in [0.05, 0.1) is 0 Å². The zero-order valence-corrected chi connectivity index (χ0v) is 30.3. The Morgan fingerprint density at radius 1 is 0.321 bits per heavy atom. The topological polar surface area (TPSA) is 55.1 Å². The van der Waals surface area contributed by atoms with Crippen LogP contribution in [0.5, 0.6) is 0 Å². The lowest BCUT2D eigenvalue weighted by Gasteiger charge is -2.26. The van der Waals surface area contributed by atoms with Gasteiger partial charge in [-0.25, -0.2) is 15.0 Å². The highest BCUT2D eigenvalue weighted by molar-refractivity contribution is 6.12. The molecule has 2 heterocycles. The summed E-state index contributed by atoms with van der Waals surface area (Å²) in [5.41, 5.74) is 12.0. The average Bonchev–Trinajstić information content (AvgIpc) is 3.66. The molecule has 0 fully saturated rings. The van der Waals surface area contributed by atoms with E-state index in [1.165, 1.54) is 11.1 Å². The van der Waals surface area contributed by atoms with Crippen LogP contribution in [-0.2, 0) is 0 Å². The molecule has 10 aromatic rings. The van der Waals surface area contributed by atoms with Crippen molar-refractivity contribution in [2.24, 2.45) is 0 Å². The van der Waals surface area contributed by atoms with Gasteiger partial charge in [-0.3, -0.25) is 0 Å². The number of furan rings is 1. The number of rotatable bonds is 8. The lowest BCUT2D eigenvalue weighted by Crippen LogP contribution is -2.09. The number of aromatic nitrogens is 3. The highest BCUT2D eigenvalue weighted by Gasteiger charge is 2.20. The lowest BCUT2D eigenvalue weighted by atomic mass is 9.98. The molecule has 0 aliphatic carbocycles. The summed E-state index contributed by atoms with van der Waals surface area (Å²) in [6.45, 7) is 0. The van der Waals surface area contributed by atoms with Gasteiger partial charge in [-0.2, -0.15) is 0 Å². The summed E-state index contributed by atoms with van der Waals surface area (Å²) in [6, 6.07) is 71.1. The first-order valence-electron chi connectivity index (χ1n) is 18.7. The third-order valence-electron chi connectivity index (χ3n) is 10.1. The van der Waals surface area contributed by atoms with Crippen molar-refractivity contribution in [3.63, 3.8) is 0 Å². The van der Waals surface area contributed by atoms with E-state index in [-0.39, 0.29) is 0 Å². The monoisotopic (exact) mass is 718 g/mol. The van der Waals surface area contributed by atoms with Crippen LogP contribution in [0, 0.1) is 0 Å². The average molecular weight is 719 g/mol. The van der Waals surface area contributed by atoms with Gasteiger partial charge >= 0.3 is 0 Å². The molecule has 0 saturated carbocycles. The molecule has 0 bridgehead atoms. The second-order valence-corrected chi connectivity index (χ2v) is 13.7. The number of hydrogen-bond acceptors (Lipinski definition) is 5. The maximum absolute atomic E-state index is 6.66. The molecule has 5 heteroatoms. The van der Waals surface area contributed by atoms with E-state index in [9.17, 15) is 0 Å². The molecule has 0 atom stereocenters. The number of nitrogens with zero attached hydrogens (tertiary/aromatic N) is 4. The fourth-order valence-electron chi connectivity index (χ4n) is 7.43. The summed E-state index contributed by atoms with van der Waals surface area (Å²) < 4.78 is 6.66. The standard InChI is InChI=1S/C51H34N4O/c1-5-16-35(17-6-1)38-22-13-23-39(32-38)40-24-14-27-42(33-40)55(41-25-11-4-12-26-41)43-30-31-44-47(34-43)56-46-29-15-28-45(48(44)46)51-53-49(36-18-7-2-8-19-36)52-50(54-51)37-20-9-3-10-21-37/h1-34H. The molecular weight excluding hydrogens is 685 g/mol. The van der Waals surface area contributed by atoms with Crippen molar-refractivity contribution < 1.29 is 4.42 Å². The molecule has 264 valence electrons. The van der Waals surface area contributed by atoms with Gasteiger partial charge in [-0.1, -0.05) is 152 Å². The van der Waals surface area contributed by atoms with Crippen LogP contribution in [0.15, 0.2) is 211 Å². The maximum Gasteiger partial charge on any atom is 0.164 e. The van der Waals surface area contributed by atoms with Crippen LogP contribution in [-0.4, -0.2) is 15.0 Å². The number of para-hydroxylation sites is 1. The minimum atomic E-state index is 0.592. The molecule has 0 radical (unpaired) electrons. The van der Waals surface area contributed by atoms with Crippen molar-refractivity contribution in [1.82, 2.24) is 15.0 Å². The SMILES string of the molecule is c1ccc(-c2cccc(-c3cccc(N(c4ccccc4)c4ccc5c(c4)oc4cccc(-c6nc(-c7ccccc7)nc(-c7ccccc7)n6)c45)c3)c2)cc1. The zero-order chi connectivity index (χ0) is 37.3. The molecule has 0 saturated heterocycles. The summed E-state index contributed by atoms with van der Waals surface area (Å²) in [7, 11) is 0. The Hall–Kier alpha value is -7.63. The van der Waals surface area contributed by atoms with Gasteiger partial charge in [0.2, 0.25) is 0 Å². The second-order valence-electron chi connectivity index (χ2n) is 13.7. The quantitative estimate of drug-likeness (QED) is 0.157. The number of fused-ring (bicyclic) bond motifs is 3. The van der Waals surface area contributed by atoms with Crippen LogP contribution in [0.2, 0.25) is 0 Å². The first-order valence-corrected chi connectivity index (χ1v) is 18.7. The number of benzene rings is 8. The van der Waals surface area contributed by atoms with Crippen molar-refractivity contribution in [3.05, 3.63) is 206 Å². The van der Waals surface area contributed by atoms with Crippen LogP contribution in [0.1, 0.15) is 0 Å². The van der Waals surface area contributed by atoms with Crippen LogP contribution in [0.4, 0.5) is 17.1 Å². The second kappa shape index (κ2) is 14.3. The summed E-state index contributed by atoms with van der Waals surface area (Å²) >= 11 is 0. The largest absolute Gasteiger partial charge is 0.456 e. The van der Waals surface area contributed by atoms with Gasteiger partial charge in [-0.15, -0.1) is 0 Å². The van der Waals surface area contributed by atoms with Crippen LogP contribution in [0.3, 0.4) is 0 Å². The van der Waals surface area contributed by atoms with Crippen LogP contribution in [0.25, 0.3) is 78.4 Å². The van der Waals surface area contributed by atoms with E-state index < -0.39 is 0 Å². The van der Waals surface area contributed by atoms with Crippen molar-refractivity contribution in [1.29, 1.82) is 0 Å². The maximum atomic E-state index is 6.66. The van der Waals surface area contributed by atoms with Crippen molar-refractivity contribution in [3.8, 4) is 56.4 Å². The molecule has 0 spiro atoms. The Balaban J connectivity index is 1.09. The fourth-order valence-corrected chi connectivity index (χ4v) is 7.43. The first kappa shape index (κ1) is 33.0. The fraction of sp³-hybridized carbons (Fsp3) is 0. The lowest BCUT2D eigenvalue weighted by molar-refractivity contribution is 0.669. The van der Waals surface area contributed by atoms with E-state index in [2.05, 4.69) is 132 Å². The Morgan fingerprint density at radius 3 is 1.46 bits per heavy atom. The molecule has 2 aromatic heterocycles. The minimum Gasteiger partial charge on any atom is -0.456 e. The predicted octanol–water partition coefficient (Wildman–Crippen LogP) is 13.6. The summed E-state index contributed by atoms with van der Waals surface area (Å²) in [5, 5.41) is 1.95. The molecule has 0 N–H and O–H groups in total. The Labute approximate surface area is 324 Å². The molecule has 0 unspecified atom stereocenters. The van der Waals surface area contributed by atoms with E-state index in [1.54, 1.807) is 0 Å². The summed E-state index contributed by atoms with van der Waals surface area (Å²) in [5.74, 6) is 1.83. The molecule has 0 aliphatic heterocycles. The molecule has 0 aliphatic rings. The highest BCUT2D eigenvalue weighted by atomic mass is 16.3. The summed E-state index contributed by atoms with van der Waals surface area (Å²) in [4.78, 5) is 17.3. The van der Waals surface area contributed by atoms with Gasteiger partial charge < -0.3 is 9.32 Å². The summed E-state index contributed by atoms with van der Waals surface area (Å²) in [6.07, 6.45) is 0. The smallest absolute Gasteiger partial charge is 0.164 e. The predicted molar refractivity (Wildman–Crippen MR) is 229 cm³/mol. The van der Waals surface area contributed by atoms with Crippen LogP contribution < -0.4 is 4.90 Å². The zero-order valence-electron chi connectivity index (χ0n) is 30.3. The van der Waals surface area contributed by atoms with E-state index in [1.807, 2.05) is 78.9 Å². The molecule has 8 aromatic carbocycles. The van der Waals surface area contributed by atoms with E-state index in [0.717, 1.165) is 66.8 Å². The minimum absolute atomic E-state index is 0.592. The molecular formula is C51H34N4O. The van der Waals surface area contributed by atoms with Gasteiger partial charge in [0.1, 0.15) is 11.2 Å². The number of anilines is 3. The normalized spacial score (nSPS) is 11.2. The van der Waals surface area contributed by atoms with Gasteiger partial charge in [0.25, 0.3) is 0 Å². The van der Waals surface area contributed by atoms with Crippen molar-refractivity contribution in [2.75, 3.05) is 4.90 Å². The van der Waals surface area contributed by atoms with Gasteiger partial charge in [0.15, 0.2) is 17.5 Å². The molecule has 0 amide bonds. The van der Waals surface area contributed by atoms with E-state index in [4.69, 9.17) is 19.4 Å². The van der Waals surface area contributed by atoms with Crippen LogP contribution >= 0.6 is 0 Å². The Morgan fingerprint density at radius 2 is 0.804 bits per heavy atom. The molecule has 5 nitrogen and oxygen atoms in total. The molecule has 56 heavy (non-hydrogen) atoms. The first-order chi connectivity index (χ1) is 27.7. The van der Waals surface area contributed by atoms with E-state index >= 15 is 0 Å². The third kappa shape index (κ3) is 6.27.